The molecule has 0 saturated carbocycles. The van der Waals surface area contributed by atoms with E-state index >= 15 is 0 Å². The monoisotopic (exact) mass is 401 g/mol. The first-order valence-corrected chi connectivity index (χ1v) is 13.6. The van der Waals surface area contributed by atoms with Crippen molar-refractivity contribution in [3.8, 4) is 0 Å². The number of hydrogen-bond acceptors (Lipinski definition) is 0. The Morgan fingerprint density at radius 3 is 1.04 bits per heavy atom. The van der Waals surface area contributed by atoms with Crippen LogP contribution in [0.3, 0.4) is 0 Å². The van der Waals surface area contributed by atoms with Crippen LogP contribution >= 0.6 is 14.2 Å². The predicted molar refractivity (Wildman–Crippen MR) is 129 cm³/mol. The van der Waals surface area contributed by atoms with Crippen molar-refractivity contribution in [3.05, 3.63) is 113 Å². The lowest BCUT2D eigenvalue weighted by Gasteiger charge is -2.29. The summed E-state index contributed by atoms with van der Waals surface area (Å²) >= 11 is 0. The van der Waals surface area contributed by atoms with Gasteiger partial charge in [-0.2, -0.15) is 0 Å². The van der Waals surface area contributed by atoms with Gasteiger partial charge in [-0.15, -0.1) is 0 Å². The summed E-state index contributed by atoms with van der Waals surface area (Å²) < 4.78 is 0. The molecule has 1 heterocycles. The van der Waals surface area contributed by atoms with E-state index in [0.29, 0.717) is 0 Å². The minimum atomic E-state index is -1.84. The number of benzene rings is 3. The van der Waals surface area contributed by atoms with Gasteiger partial charge < -0.3 is 0 Å². The Bertz CT molecular complexity index is 956. The van der Waals surface area contributed by atoms with Crippen LogP contribution in [0.1, 0.15) is 21.7 Å². The molecule has 2 heteroatoms. The third-order valence-corrected chi connectivity index (χ3v) is 17.3. The molecule has 0 nitrogen and oxygen atoms in total. The van der Waals surface area contributed by atoms with Gasteiger partial charge in [0.2, 0.25) is 0 Å². The lowest BCUT2D eigenvalue weighted by molar-refractivity contribution is 1.32. The molecule has 0 spiro atoms. The fraction of sp³-hybridized carbons (Fsp3) is 0.154. The highest BCUT2D eigenvalue weighted by Crippen LogP contribution is 2.80. The van der Waals surface area contributed by atoms with Gasteiger partial charge in [0.05, 0.1) is 7.22 Å². The second kappa shape index (κ2) is 7.71. The third-order valence-electron chi connectivity index (χ3n) is 5.97. The van der Waals surface area contributed by atoms with Crippen LogP contribution in [0, 0.1) is 27.7 Å². The molecular formula is C26H27P2+. The van der Waals surface area contributed by atoms with E-state index in [1.165, 1.54) is 27.0 Å². The van der Waals surface area contributed by atoms with Crippen molar-refractivity contribution < 1.29 is 0 Å². The molecular weight excluding hydrogens is 374 g/mol. The van der Waals surface area contributed by atoms with E-state index < -0.39 is 14.2 Å². The van der Waals surface area contributed by atoms with Crippen LogP contribution in [0.25, 0.3) is 0 Å². The Hall–Kier alpha value is -2.13. The van der Waals surface area contributed by atoms with Crippen molar-refractivity contribution in [2.24, 2.45) is 0 Å². The van der Waals surface area contributed by atoms with E-state index in [4.69, 9.17) is 0 Å². The van der Waals surface area contributed by atoms with Crippen LogP contribution < -0.4 is 15.9 Å². The van der Waals surface area contributed by atoms with Crippen molar-refractivity contribution in [2.45, 2.75) is 27.7 Å². The second-order valence-electron chi connectivity index (χ2n) is 7.37. The van der Waals surface area contributed by atoms with Gasteiger partial charge in [-0.05, 0) is 75.2 Å². The highest BCUT2D eigenvalue weighted by molar-refractivity contribution is 8.45. The average molecular weight is 401 g/mol. The quantitative estimate of drug-likeness (QED) is 0.335. The van der Waals surface area contributed by atoms with Crippen LogP contribution in [0.5, 0.6) is 0 Å². The first-order valence-electron chi connectivity index (χ1n) is 9.80. The molecule has 0 amide bonds. The van der Waals surface area contributed by atoms with Gasteiger partial charge in [-0.1, -0.05) is 54.6 Å². The second-order valence-corrected chi connectivity index (χ2v) is 15.2. The summed E-state index contributed by atoms with van der Waals surface area (Å²) in [4.78, 5) is 0. The zero-order chi connectivity index (χ0) is 19.7. The lowest BCUT2D eigenvalue weighted by atomic mass is 10.2. The number of hydrogen-bond donors (Lipinski definition) is 0. The molecule has 0 fully saturated rings. The molecule has 140 valence electrons. The van der Waals surface area contributed by atoms with Gasteiger partial charge in [0.25, 0.3) is 0 Å². The van der Waals surface area contributed by atoms with Crippen molar-refractivity contribution in [1.82, 2.24) is 0 Å². The molecule has 0 bridgehead atoms. The molecule has 0 saturated heterocycles. The van der Waals surface area contributed by atoms with Gasteiger partial charge >= 0.3 is 0 Å². The van der Waals surface area contributed by atoms with E-state index in [2.05, 4.69) is 119 Å². The van der Waals surface area contributed by atoms with Gasteiger partial charge in [-0.25, -0.2) is 0 Å². The molecule has 0 radical (unpaired) electrons. The lowest BCUT2D eigenvalue weighted by Crippen LogP contribution is -2.28. The largest absolute Gasteiger partial charge is 0.154 e. The number of rotatable bonds is 4. The zero-order valence-corrected chi connectivity index (χ0v) is 18.8. The third kappa shape index (κ3) is 2.88. The van der Waals surface area contributed by atoms with E-state index in [9.17, 15) is 0 Å². The van der Waals surface area contributed by atoms with Crippen LogP contribution in [0.4, 0.5) is 0 Å². The fourth-order valence-corrected chi connectivity index (χ4v) is 16.9. The molecule has 4 aromatic rings. The standard InChI is InChI=1S/C26H27P2/c1-20-21(2)23(4)27(22(20)3)28(24-14-8-5-9-15-24,25-16-10-6-11-17-25)26-18-12-7-13-19-26/h5-19H,1-4H3/q+1. The molecule has 0 atom stereocenters. The van der Waals surface area contributed by atoms with Crippen molar-refractivity contribution >= 4 is 30.1 Å². The summed E-state index contributed by atoms with van der Waals surface area (Å²) in [5.41, 5.74) is 2.99. The fourth-order valence-electron chi connectivity index (χ4n) is 4.29. The van der Waals surface area contributed by atoms with Gasteiger partial charge in [0.1, 0.15) is 15.9 Å². The molecule has 0 unspecified atom stereocenters. The summed E-state index contributed by atoms with van der Waals surface area (Å²) in [6.45, 7) is 7.54. The summed E-state index contributed by atoms with van der Waals surface area (Å²) in [5.74, 6) is 0. The minimum absolute atomic E-state index is 0.452. The highest BCUT2D eigenvalue weighted by Gasteiger charge is 2.50. The molecule has 3 aromatic carbocycles. The predicted octanol–water partition coefficient (Wildman–Crippen LogP) is 6.66. The summed E-state index contributed by atoms with van der Waals surface area (Å²) in [7, 11) is -0.452. The molecule has 28 heavy (non-hydrogen) atoms. The molecule has 0 aliphatic heterocycles. The Kier molecular flexibility index (Phi) is 5.29. The van der Waals surface area contributed by atoms with E-state index in [-0.39, 0.29) is 0 Å². The Morgan fingerprint density at radius 1 is 0.464 bits per heavy atom. The Labute approximate surface area is 170 Å². The smallest absolute Gasteiger partial charge is 0.0620 e. The Morgan fingerprint density at radius 2 is 0.750 bits per heavy atom. The maximum Gasteiger partial charge on any atom is 0.154 e. The molecule has 1 aromatic heterocycles. The first-order chi connectivity index (χ1) is 13.6. The van der Waals surface area contributed by atoms with Crippen LogP contribution in [0.15, 0.2) is 91.0 Å². The first kappa shape index (κ1) is 19.2. The van der Waals surface area contributed by atoms with Crippen LogP contribution in [-0.2, 0) is 0 Å². The zero-order valence-electron chi connectivity index (χ0n) is 17.1. The maximum atomic E-state index is 2.38. The van der Waals surface area contributed by atoms with E-state index in [0.717, 1.165) is 0 Å². The summed E-state index contributed by atoms with van der Waals surface area (Å²) in [6, 6.07) is 33.8. The van der Waals surface area contributed by atoms with Crippen LogP contribution in [-0.4, -0.2) is 0 Å². The van der Waals surface area contributed by atoms with Crippen molar-refractivity contribution in [2.75, 3.05) is 0 Å². The van der Waals surface area contributed by atoms with E-state index in [1.807, 2.05) is 0 Å². The molecule has 4 rings (SSSR count). The maximum absolute atomic E-state index is 2.38. The topological polar surface area (TPSA) is 0 Å². The molecule has 0 aliphatic rings. The normalized spacial score (nSPS) is 11.6. The van der Waals surface area contributed by atoms with Gasteiger partial charge in [0, 0.05) is 10.6 Å². The van der Waals surface area contributed by atoms with Crippen LogP contribution in [0.2, 0.25) is 0 Å². The van der Waals surface area contributed by atoms with Gasteiger partial charge in [0.15, 0.2) is 6.95 Å². The molecule has 0 N–H and O–H groups in total. The van der Waals surface area contributed by atoms with Crippen molar-refractivity contribution in [3.63, 3.8) is 0 Å². The highest BCUT2D eigenvalue weighted by atomic mass is 32.1. The van der Waals surface area contributed by atoms with Crippen molar-refractivity contribution in [1.29, 1.82) is 0 Å². The summed E-state index contributed by atoms with van der Waals surface area (Å²) in [5, 5.41) is 7.64. The van der Waals surface area contributed by atoms with E-state index in [1.54, 1.807) is 10.6 Å². The molecule has 0 aliphatic carbocycles. The minimum Gasteiger partial charge on any atom is -0.0620 e. The average Bonchev–Trinajstić information content (AvgIpc) is 2.95. The van der Waals surface area contributed by atoms with Gasteiger partial charge in [-0.3, -0.25) is 0 Å². The Balaban J connectivity index is 2.23. The summed E-state index contributed by atoms with van der Waals surface area (Å²) in [6.07, 6.45) is 0. The SMILES string of the molecule is Cc1c(C)c(C)p([P+](c2ccccc2)(c2ccccc2)c2ccccc2)c1C.